The van der Waals surface area contributed by atoms with Crippen LogP contribution in [0.4, 0.5) is 11.4 Å². The number of carbonyl (C=O) groups is 1. The first-order valence-electron chi connectivity index (χ1n) is 6.43. The third-order valence-electron chi connectivity index (χ3n) is 3.11. The molecule has 3 nitrogen and oxygen atoms in total. The van der Waals surface area contributed by atoms with Crippen molar-refractivity contribution in [3.05, 3.63) is 57.0 Å². The van der Waals surface area contributed by atoms with Crippen LogP contribution < -0.4 is 10.2 Å². The molecule has 2 rings (SSSR count). The predicted molar refractivity (Wildman–Crippen MR) is 92.6 cm³/mol. The summed E-state index contributed by atoms with van der Waals surface area (Å²) in [6, 6.07) is 11.0. The van der Waals surface area contributed by atoms with Gasteiger partial charge in [0, 0.05) is 29.8 Å². The maximum Gasteiger partial charge on any atom is 0.255 e. The molecule has 0 saturated heterocycles. The SMILES string of the molecule is Cc1cc(C(=O)Nc2ccc(N(C)C)c(Cl)c2)ccc1Br. The van der Waals surface area contributed by atoms with Gasteiger partial charge in [-0.25, -0.2) is 0 Å². The van der Waals surface area contributed by atoms with Crippen LogP contribution in [-0.2, 0) is 0 Å². The molecule has 0 heterocycles. The van der Waals surface area contributed by atoms with Crippen LogP contribution in [0.1, 0.15) is 15.9 Å². The zero-order valence-corrected chi connectivity index (χ0v) is 14.4. The molecule has 0 saturated carbocycles. The van der Waals surface area contributed by atoms with Gasteiger partial charge in [-0.15, -0.1) is 0 Å². The van der Waals surface area contributed by atoms with Gasteiger partial charge >= 0.3 is 0 Å². The number of benzene rings is 2. The number of aryl methyl sites for hydroxylation is 1. The smallest absolute Gasteiger partial charge is 0.255 e. The van der Waals surface area contributed by atoms with Gasteiger partial charge in [0.15, 0.2) is 0 Å². The minimum Gasteiger partial charge on any atom is -0.376 e. The maximum absolute atomic E-state index is 12.2. The summed E-state index contributed by atoms with van der Waals surface area (Å²) in [5.74, 6) is -0.153. The number of carbonyl (C=O) groups excluding carboxylic acids is 1. The van der Waals surface area contributed by atoms with E-state index in [0.717, 1.165) is 15.7 Å². The van der Waals surface area contributed by atoms with Gasteiger partial charge < -0.3 is 10.2 Å². The second-order valence-electron chi connectivity index (χ2n) is 4.98. The number of halogens is 2. The Balaban J connectivity index is 2.19. The van der Waals surface area contributed by atoms with Crippen molar-refractivity contribution in [2.75, 3.05) is 24.3 Å². The lowest BCUT2D eigenvalue weighted by atomic mass is 10.1. The molecule has 0 radical (unpaired) electrons. The zero-order chi connectivity index (χ0) is 15.6. The van der Waals surface area contributed by atoms with Gasteiger partial charge in [0.1, 0.15) is 0 Å². The first-order valence-corrected chi connectivity index (χ1v) is 7.60. The Kier molecular flexibility index (Phi) is 4.91. The highest BCUT2D eigenvalue weighted by atomic mass is 79.9. The standard InChI is InChI=1S/C16H16BrClN2O/c1-10-8-11(4-6-13(10)17)16(21)19-12-5-7-15(20(2)3)14(18)9-12/h4-9H,1-3H3,(H,19,21). The number of anilines is 2. The van der Waals surface area contributed by atoms with E-state index in [4.69, 9.17) is 11.6 Å². The van der Waals surface area contributed by atoms with Crippen LogP contribution in [0.2, 0.25) is 5.02 Å². The molecule has 0 bridgehead atoms. The lowest BCUT2D eigenvalue weighted by Crippen LogP contribution is -2.13. The predicted octanol–water partition coefficient (Wildman–Crippen LogP) is 4.73. The second-order valence-corrected chi connectivity index (χ2v) is 6.24. The summed E-state index contributed by atoms with van der Waals surface area (Å²) < 4.78 is 0.984. The summed E-state index contributed by atoms with van der Waals surface area (Å²) in [6.07, 6.45) is 0. The van der Waals surface area contributed by atoms with Gasteiger partial charge in [0.2, 0.25) is 0 Å². The van der Waals surface area contributed by atoms with Crippen molar-refractivity contribution in [2.24, 2.45) is 0 Å². The van der Waals surface area contributed by atoms with Crippen molar-refractivity contribution in [2.45, 2.75) is 6.92 Å². The summed E-state index contributed by atoms with van der Waals surface area (Å²) in [7, 11) is 3.84. The molecule has 110 valence electrons. The topological polar surface area (TPSA) is 32.3 Å². The highest BCUT2D eigenvalue weighted by molar-refractivity contribution is 9.10. The van der Waals surface area contributed by atoms with Crippen molar-refractivity contribution in [1.29, 1.82) is 0 Å². The van der Waals surface area contributed by atoms with Crippen LogP contribution in [0.15, 0.2) is 40.9 Å². The molecule has 21 heavy (non-hydrogen) atoms. The molecule has 0 aromatic heterocycles. The number of amides is 1. The van der Waals surface area contributed by atoms with E-state index in [-0.39, 0.29) is 5.91 Å². The summed E-state index contributed by atoms with van der Waals surface area (Å²) in [4.78, 5) is 14.2. The van der Waals surface area contributed by atoms with Crippen molar-refractivity contribution in [3.63, 3.8) is 0 Å². The van der Waals surface area contributed by atoms with E-state index >= 15 is 0 Å². The minimum atomic E-state index is -0.153. The van der Waals surface area contributed by atoms with Crippen LogP contribution in [0.5, 0.6) is 0 Å². The van der Waals surface area contributed by atoms with Crippen LogP contribution in [-0.4, -0.2) is 20.0 Å². The molecule has 1 amide bonds. The fraction of sp³-hybridized carbons (Fsp3) is 0.188. The summed E-state index contributed by atoms with van der Waals surface area (Å²) >= 11 is 9.62. The molecular weight excluding hydrogens is 352 g/mol. The second kappa shape index (κ2) is 6.50. The van der Waals surface area contributed by atoms with Gasteiger partial charge in [0.25, 0.3) is 5.91 Å². The van der Waals surface area contributed by atoms with Gasteiger partial charge in [-0.1, -0.05) is 27.5 Å². The number of rotatable bonds is 3. The van der Waals surface area contributed by atoms with E-state index in [2.05, 4.69) is 21.2 Å². The highest BCUT2D eigenvalue weighted by Gasteiger charge is 2.09. The minimum absolute atomic E-state index is 0.153. The van der Waals surface area contributed by atoms with Crippen molar-refractivity contribution >= 4 is 44.8 Å². The molecule has 5 heteroatoms. The van der Waals surface area contributed by atoms with E-state index in [0.29, 0.717) is 16.3 Å². The summed E-state index contributed by atoms with van der Waals surface area (Å²) in [6.45, 7) is 1.95. The van der Waals surface area contributed by atoms with E-state index in [1.807, 2.05) is 50.2 Å². The van der Waals surface area contributed by atoms with Crippen LogP contribution in [0.3, 0.4) is 0 Å². The van der Waals surface area contributed by atoms with Crippen LogP contribution in [0.25, 0.3) is 0 Å². The van der Waals surface area contributed by atoms with Gasteiger partial charge in [0.05, 0.1) is 10.7 Å². The third-order valence-corrected chi connectivity index (χ3v) is 4.30. The Labute approximate surface area is 138 Å². The summed E-state index contributed by atoms with van der Waals surface area (Å²) in [5, 5.41) is 3.46. The number of nitrogens with zero attached hydrogens (tertiary/aromatic N) is 1. The maximum atomic E-state index is 12.2. The number of hydrogen-bond acceptors (Lipinski definition) is 2. The zero-order valence-electron chi connectivity index (χ0n) is 12.1. The van der Waals surface area contributed by atoms with Gasteiger partial charge in [-0.05, 0) is 48.9 Å². The number of hydrogen-bond donors (Lipinski definition) is 1. The fourth-order valence-electron chi connectivity index (χ4n) is 1.94. The Hall–Kier alpha value is -1.52. The molecule has 0 fully saturated rings. The Morgan fingerprint density at radius 2 is 1.90 bits per heavy atom. The molecule has 0 atom stereocenters. The Bertz CT molecular complexity index is 686. The highest BCUT2D eigenvalue weighted by Crippen LogP contribution is 2.27. The fourth-order valence-corrected chi connectivity index (χ4v) is 2.53. The molecule has 0 aliphatic carbocycles. The number of nitrogens with one attached hydrogen (secondary N) is 1. The third kappa shape index (κ3) is 3.77. The molecular formula is C16H16BrClN2O. The molecule has 2 aromatic carbocycles. The van der Waals surface area contributed by atoms with Crippen molar-refractivity contribution in [3.8, 4) is 0 Å². The monoisotopic (exact) mass is 366 g/mol. The molecule has 0 aliphatic heterocycles. The van der Waals surface area contributed by atoms with E-state index in [9.17, 15) is 4.79 Å². The average molecular weight is 368 g/mol. The largest absolute Gasteiger partial charge is 0.376 e. The van der Waals surface area contributed by atoms with Gasteiger partial charge in [-0.3, -0.25) is 4.79 Å². The van der Waals surface area contributed by atoms with E-state index in [1.54, 1.807) is 12.1 Å². The van der Waals surface area contributed by atoms with Crippen molar-refractivity contribution < 1.29 is 4.79 Å². The molecule has 0 unspecified atom stereocenters. The van der Waals surface area contributed by atoms with Crippen molar-refractivity contribution in [1.82, 2.24) is 0 Å². The molecule has 2 aromatic rings. The van der Waals surface area contributed by atoms with E-state index < -0.39 is 0 Å². The summed E-state index contributed by atoms with van der Waals surface area (Å²) in [5.41, 5.74) is 3.22. The first kappa shape index (κ1) is 15.9. The Morgan fingerprint density at radius 3 is 2.48 bits per heavy atom. The quantitative estimate of drug-likeness (QED) is 0.850. The van der Waals surface area contributed by atoms with Crippen LogP contribution >= 0.6 is 27.5 Å². The van der Waals surface area contributed by atoms with E-state index in [1.165, 1.54) is 0 Å². The normalized spacial score (nSPS) is 10.3. The first-order chi connectivity index (χ1) is 9.88. The molecule has 1 N–H and O–H groups in total. The lowest BCUT2D eigenvalue weighted by Gasteiger charge is -2.15. The van der Waals surface area contributed by atoms with Crippen LogP contribution in [0, 0.1) is 6.92 Å². The Morgan fingerprint density at radius 1 is 1.19 bits per heavy atom. The lowest BCUT2D eigenvalue weighted by molar-refractivity contribution is 0.102. The van der Waals surface area contributed by atoms with Gasteiger partial charge in [-0.2, -0.15) is 0 Å². The average Bonchev–Trinajstić information content (AvgIpc) is 2.41. The molecule has 0 spiro atoms. The molecule has 0 aliphatic rings.